The van der Waals surface area contributed by atoms with Crippen LogP contribution in [-0.2, 0) is 0 Å². The van der Waals surface area contributed by atoms with Crippen molar-refractivity contribution in [3.8, 4) is 0 Å². The Morgan fingerprint density at radius 2 is 1.88 bits per heavy atom. The molecule has 1 rings (SSSR count). The van der Waals surface area contributed by atoms with Crippen molar-refractivity contribution >= 4 is 11.8 Å². The summed E-state index contributed by atoms with van der Waals surface area (Å²) in [7, 11) is 0. The fourth-order valence-electron chi connectivity index (χ4n) is 2.71. The molecule has 0 aromatic heterocycles. The Hall–Kier alpha value is 0.310. The molecular formula is C14H29NS. The normalized spacial score (nSPS) is 21.9. The third-order valence-electron chi connectivity index (χ3n) is 3.80. The summed E-state index contributed by atoms with van der Waals surface area (Å²) in [6.07, 6.45) is 8.59. The van der Waals surface area contributed by atoms with Crippen molar-refractivity contribution in [2.75, 3.05) is 11.5 Å². The first-order valence-electron chi connectivity index (χ1n) is 7.07. The number of hydrogen-bond acceptors (Lipinski definition) is 2. The molecule has 2 atom stereocenters. The van der Waals surface area contributed by atoms with Gasteiger partial charge in [-0.1, -0.05) is 26.2 Å². The lowest BCUT2D eigenvalue weighted by Gasteiger charge is -2.30. The highest BCUT2D eigenvalue weighted by Crippen LogP contribution is 2.26. The van der Waals surface area contributed by atoms with Crippen molar-refractivity contribution in [3.63, 3.8) is 0 Å². The number of hydrogen-bond donors (Lipinski definition) is 1. The number of nitrogens with one attached hydrogen (secondary N) is 1. The average molecular weight is 243 g/mol. The number of thioether (sulfide) groups is 1. The summed E-state index contributed by atoms with van der Waals surface area (Å²) in [5, 5.41) is 3.80. The van der Waals surface area contributed by atoms with Crippen molar-refractivity contribution in [1.29, 1.82) is 0 Å². The van der Waals surface area contributed by atoms with E-state index in [-0.39, 0.29) is 0 Å². The summed E-state index contributed by atoms with van der Waals surface area (Å²) >= 11 is 2.06. The van der Waals surface area contributed by atoms with Crippen LogP contribution in [0.2, 0.25) is 0 Å². The Kier molecular flexibility index (Phi) is 7.55. The van der Waals surface area contributed by atoms with E-state index in [2.05, 4.69) is 37.8 Å². The van der Waals surface area contributed by atoms with Gasteiger partial charge >= 0.3 is 0 Å². The summed E-state index contributed by atoms with van der Waals surface area (Å²) in [5.41, 5.74) is 0. The van der Waals surface area contributed by atoms with E-state index < -0.39 is 0 Å². The molecule has 0 aromatic rings. The molecule has 1 N–H and O–H groups in total. The molecule has 0 heterocycles. The first-order chi connectivity index (χ1) is 7.74. The van der Waals surface area contributed by atoms with Gasteiger partial charge in [0.15, 0.2) is 0 Å². The molecule has 0 bridgehead atoms. The molecule has 2 unspecified atom stereocenters. The van der Waals surface area contributed by atoms with Gasteiger partial charge in [-0.2, -0.15) is 11.8 Å². The van der Waals surface area contributed by atoms with Crippen LogP contribution < -0.4 is 5.32 Å². The lowest BCUT2D eigenvalue weighted by Crippen LogP contribution is -2.40. The minimum Gasteiger partial charge on any atom is -0.311 e. The zero-order chi connectivity index (χ0) is 11.8. The Morgan fingerprint density at radius 1 is 1.19 bits per heavy atom. The smallest absolute Gasteiger partial charge is 0.00694 e. The second-order valence-corrected chi connectivity index (χ2v) is 6.63. The zero-order valence-electron chi connectivity index (χ0n) is 11.3. The van der Waals surface area contributed by atoms with E-state index in [1.165, 1.54) is 50.0 Å². The van der Waals surface area contributed by atoms with E-state index in [0.717, 1.165) is 12.0 Å². The minimum absolute atomic E-state index is 0.691. The highest BCUT2D eigenvalue weighted by molar-refractivity contribution is 7.99. The van der Waals surface area contributed by atoms with Crippen LogP contribution in [0.1, 0.15) is 59.3 Å². The first kappa shape index (κ1) is 14.4. The molecule has 16 heavy (non-hydrogen) atoms. The van der Waals surface area contributed by atoms with Crippen LogP contribution in [0.4, 0.5) is 0 Å². The van der Waals surface area contributed by atoms with Crippen LogP contribution in [0.15, 0.2) is 0 Å². The van der Waals surface area contributed by atoms with Crippen molar-refractivity contribution in [2.24, 2.45) is 5.92 Å². The maximum absolute atomic E-state index is 3.80. The molecule has 1 fully saturated rings. The van der Waals surface area contributed by atoms with Crippen LogP contribution in [-0.4, -0.2) is 23.6 Å². The van der Waals surface area contributed by atoms with Crippen LogP contribution in [0.5, 0.6) is 0 Å². The number of rotatable bonds is 7. The molecule has 0 aliphatic heterocycles. The quantitative estimate of drug-likeness (QED) is 0.676. The first-order valence-corrected chi connectivity index (χ1v) is 8.23. The second-order valence-electron chi connectivity index (χ2n) is 5.24. The summed E-state index contributed by atoms with van der Waals surface area (Å²) in [4.78, 5) is 0. The highest BCUT2D eigenvalue weighted by Gasteiger charge is 2.20. The van der Waals surface area contributed by atoms with Crippen molar-refractivity contribution < 1.29 is 0 Å². The largest absolute Gasteiger partial charge is 0.311 e. The Bertz CT molecular complexity index is 166. The lowest BCUT2D eigenvalue weighted by molar-refractivity contribution is 0.266. The van der Waals surface area contributed by atoms with Crippen molar-refractivity contribution in [2.45, 2.75) is 71.4 Å². The predicted octanol–water partition coefficient (Wildman–Crippen LogP) is 4.08. The van der Waals surface area contributed by atoms with Gasteiger partial charge in [0.25, 0.3) is 0 Å². The van der Waals surface area contributed by atoms with Gasteiger partial charge in [-0.15, -0.1) is 0 Å². The molecule has 0 saturated heterocycles. The van der Waals surface area contributed by atoms with E-state index in [0.29, 0.717) is 6.04 Å². The Labute approximate surface area is 106 Å². The molecule has 2 heteroatoms. The van der Waals surface area contributed by atoms with Gasteiger partial charge in [-0.05, 0) is 50.5 Å². The Morgan fingerprint density at radius 3 is 2.50 bits per heavy atom. The zero-order valence-corrected chi connectivity index (χ0v) is 12.1. The fraction of sp³-hybridized carbons (Fsp3) is 1.00. The molecular weight excluding hydrogens is 214 g/mol. The summed E-state index contributed by atoms with van der Waals surface area (Å²) < 4.78 is 0. The monoisotopic (exact) mass is 243 g/mol. The van der Waals surface area contributed by atoms with Crippen molar-refractivity contribution in [1.82, 2.24) is 5.32 Å². The molecule has 0 aromatic carbocycles. The lowest BCUT2D eigenvalue weighted by atomic mass is 9.84. The van der Waals surface area contributed by atoms with Gasteiger partial charge in [0.2, 0.25) is 0 Å². The average Bonchev–Trinajstić information content (AvgIpc) is 2.30. The fourth-order valence-corrected chi connectivity index (χ4v) is 3.52. The minimum atomic E-state index is 0.691. The maximum Gasteiger partial charge on any atom is 0.00694 e. The SMILES string of the molecule is CCSCCC(C)NC(C)C1CCCCC1. The van der Waals surface area contributed by atoms with E-state index in [4.69, 9.17) is 0 Å². The van der Waals surface area contributed by atoms with E-state index >= 15 is 0 Å². The van der Waals surface area contributed by atoms with E-state index in [9.17, 15) is 0 Å². The van der Waals surface area contributed by atoms with Crippen LogP contribution in [0.25, 0.3) is 0 Å². The summed E-state index contributed by atoms with van der Waals surface area (Å²) in [5.74, 6) is 3.50. The summed E-state index contributed by atoms with van der Waals surface area (Å²) in [6, 6.07) is 1.41. The van der Waals surface area contributed by atoms with E-state index in [1.807, 2.05) is 0 Å². The predicted molar refractivity (Wildman–Crippen MR) is 76.3 cm³/mol. The Balaban J connectivity index is 2.13. The molecule has 0 spiro atoms. The molecule has 1 saturated carbocycles. The van der Waals surface area contributed by atoms with Gasteiger partial charge in [0.05, 0.1) is 0 Å². The highest BCUT2D eigenvalue weighted by atomic mass is 32.2. The molecule has 1 aliphatic carbocycles. The van der Waals surface area contributed by atoms with Crippen LogP contribution in [0, 0.1) is 5.92 Å². The molecule has 0 radical (unpaired) electrons. The van der Waals surface area contributed by atoms with Crippen LogP contribution in [0.3, 0.4) is 0 Å². The standard InChI is InChI=1S/C14H29NS/c1-4-16-11-10-12(2)15-13(3)14-8-6-5-7-9-14/h12-15H,4-11H2,1-3H3. The van der Waals surface area contributed by atoms with Gasteiger partial charge < -0.3 is 5.32 Å². The molecule has 1 nitrogen and oxygen atoms in total. The van der Waals surface area contributed by atoms with Gasteiger partial charge in [0.1, 0.15) is 0 Å². The van der Waals surface area contributed by atoms with Gasteiger partial charge in [-0.25, -0.2) is 0 Å². The maximum atomic E-state index is 3.80. The molecule has 1 aliphatic rings. The van der Waals surface area contributed by atoms with E-state index in [1.54, 1.807) is 0 Å². The molecule has 0 amide bonds. The van der Waals surface area contributed by atoms with Crippen molar-refractivity contribution in [3.05, 3.63) is 0 Å². The third-order valence-corrected chi connectivity index (χ3v) is 4.74. The second kappa shape index (κ2) is 8.41. The van der Waals surface area contributed by atoms with Gasteiger partial charge in [-0.3, -0.25) is 0 Å². The summed E-state index contributed by atoms with van der Waals surface area (Å²) in [6.45, 7) is 6.97. The topological polar surface area (TPSA) is 12.0 Å². The van der Waals surface area contributed by atoms with Crippen LogP contribution >= 0.6 is 11.8 Å². The molecule has 96 valence electrons. The van der Waals surface area contributed by atoms with Gasteiger partial charge in [0, 0.05) is 12.1 Å². The third kappa shape index (κ3) is 5.58.